The van der Waals surface area contributed by atoms with E-state index in [2.05, 4.69) is 240 Å². The monoisotopic (exact) mass is 738 g/mol. The summed E-state index contributed by atoms with van der Waals surface area (Å²) in [6, 6.07) is 83.6. The third kappa shape index (κ3) is 5.57. The first-order valence-electron chi connectivity index (χ1n) is 19.9. The molecular formula is C56H38N2. The zero-order chi connectivity index (χ0) is 38.4. The highest BCUT2D eigenvalue weighted by atomic mass is 15.1. The smallest absolute Gasteiger partial charge is 0.0541 e. The van der Waals surface area contributed by atoms with Crippen molar-refractivity contribution >= 4 is 60.4 Å². The zero-order valence-electron chi connectivity index (χ0n) is 31.8. The second kappa shape index (κ2) is 14.1. The Morgan fingerprint density at radius 1 is 0.293 bits per heavy atom. The molecule has 0 N–H and O–H groups in total. The number of hydrogen-bond acceptors (Lipinski definition) is 1. The normalized spacial score (nSPS) is 11.4. The van der Waals surface area contributed by atoms with Gasteiger partial charge in [-0.2, -0.15) is 0 Å². The largest absolute Gasteiger partial charge is 0.310 e. The van der Waals surface area contributed by atoms with Crippen molar-refractivity contribution in [2.24, 2.45) is 0 Å². The van der Waals surface area contributed by atoms with E-state index in [0.717, 1.165) is 33.9 Å². The summed E-state index contributed by atoms with van der Waals surface area (Å²) in [6.45, 7) is 0. The van der Waals surface area contributed by atoms with Gasteiger partial charge in [-0.25, -0.2) is 0 Å². The minimum Gasteiger partial charge on any atom is -0.310 e. The van der Waals surface area contributed by atoms with Crippen LogP contribution in [0.3, 0.4) is 0 Å². The molecule has 0 atom stereocenters. The SMILES string of the molecule is c1ccc(-c2c3ccccc3c(-c3ccccc3)c3cc(-c4ccccc4N(c4ccccc4)c4ccc(-n5c6ccccc6c6ccccc65)cc4)ccc23)cc1. The average Bonchev–Trinajstić information content (AvgIpc) is 3.64. The maximum atomic E-state index is 2.42. The van der Waals surface area contributed by atoms with Crippen molar-refractivity contribution in [2.45, 2.75) is 0 Å². The van der Waals surface area contributed by atoms with Gasteiger partial charge in [-0.15, -0.1) is 0 Å². The second-order valence-corrected chi connectivity index (χ2v) is 14.9. The van der Waals surface area contributed by atoms with Crippen molar-refractivity contribution in [1.82, 2.24) is 4.57 Å². The molecule has 0 fully saturated rings. The molecule has 1 heterocycles. The van der Waals surface area contributed by atoms with Crippen LogP contribution in [0.2, 0.25) is 0 Å². The van der Waals surface area contributed by atoms with Crippen molar-refractivity contribution in [2.75, 3.05) is 4.90 Å². The Kier molecular flexibility index (Phi) is 8.19. The molecule has 0 amide bonds. The van der Waals surface area contributed by atoms with E-state index in [-0.39, 0.29) is 0 Å². The summed E-state index contributed by atoms with van der Waals surface area (Å²) in [5.74, 6) is 0. The van der Waals surface area contributed by atoms with Crippen LogP contribution in [0.25, 0.3) is 82.4 Å². The van der Waals surface area contributed by atoms with E-state index in [1.807, 2.05) is 0 Å². The van der Waals surface area contributed by atoms with Crippen LogP contribution >= 0.6 is 0 Å². The van der Waals surface area contributed by atoms with Crippen LogP contribution in [-0.2, 0) is 0 Å². The Morgan fingerprint density at radius 3 is 1.34 bits per heavy atom. The lowest BCUT2D eigenvalue weighted by atomic mass is 9.84. The minimum absolute atomic E-state index is 1.09. The molecule has 0 bridgehead atoms. The Hall–Kier alpha value is -7.68. The summed E-state index contributed by atoms with van der Waals surface area (Å²) in [7, 11) is 0. The van der Waals surface area contributed by atoms with Crippen molar-refractivity contribution in [3.05, 3.63) is 231 Å². The molecule has 0 spiro atoms. The van der Waals surface area contributed by atoms with Gasteiger partial charge >= 0.3 is 0 Å². The maximum Gasteiger partial charge on any atom is 0.0541 e. The van der Waals surface area contributed by atoms with Gasteiger partial charge in [0.25, 0.3) is 0 Å². The van der Waals surface area contributed by atoms with Crippen LogP contribution in [0.4, 0.5) is 17.1 Å². The third-order valence-electron chi connectivity index (χ3n) is 11.6. The van der Waals surface area contributed by atoms with Crippen LogP contribution in [0, 0.1) is 0 Å². The van der Waals surface area contributed by atoms with Gasteiger partial charge in [-0.05, 0) is 110 Å². The number of rotatable bonds is 7. The number of fused-ring (bicyclic) bond motifs is 5. The first-order valence-corrected chi connectivity index (χ1v) is 19.9. The molecule has 0 aliphatic heterocycles. The number of hydrogen-bond donors (Lipinski definition) is 0. The molecule has 10 aromatic carbocycles. The van der Waals surface area contributed by atoms with E-state index in [9.17, 15) is 0 Å². The van der Waals surface area contributed by atoms with E-state index in [1.165, 1.54) is 65.6 Å². The lowest BCUT2D eigenvalue weighted by Gasteiger charge is -2.28. The molecule has 0 aliphatic carbocycles. The first-order chi connectivity index (χ1) is 28.8. The Bertz CT molecular complexity index is 3200. The average molecular weight is 739 g/mol. The molecule has 11 aromatic rings. The molecule has 1 aromatic heterocycles. The van der Waals surface area contributed by atoms with E-state index >= 15 is 0 Å². The molecule has 0 radical (unpaired) electrons. The predicted octanol–water partition coefficient (Wildman–Crippen LogP) is 15.6. The highest BCUT2D eigenvalue weighted by Crippen LogP contribution is 2.47. The first kappa shape index (κ1) is 33.6. The van der Waals surface area contributed by atoms with Crippen molar-refractivity contribution in [3.63, 3.8) is 0 Å². The molecule has 58 heavy (non-hydrogen) atoms. The molecule has 2 heteroatoms. The fourth-order valence-electron chi connectivity index (χ4n) is 9.05. The lowest BCUT2D eigenvalue weighted by molar-refractivity contribution is 1.17. The van der Waals surface area contributed by atoms with Crippen LogP contribution in [0.5, 0.6) is 0 Å². The topological polar surface area (TPSA) is 8.17 Å². The molecule has 272 valence electrons. The van der Waals surface area contributed by atoms with E-state index in [1.54, 1.807) is 0 Å². The number of para-hydroxylation sites is 4. The summed E-state index contributed by atoms with van der Waals surface area (Å²) in [5.41, 5.74) is 14.1. The van der Waals surface area contributed by atoms with Gasteiger partial charge in [0, 0.05) is 33.4 Å². The Balaban J connectivity index is 1.11. The van der Waals surface area contributed by atoms with E-state index in [4.69, 9.17) is 0 Å². The predicted molar refractivity (Wildman–Crippen MR) is 247 cm³/mol. The van der Waals surface area contributed by atoms with Crippen LogP contribution in [0.1, 0.15) is 0 Å². The van der Waals surface area contributed by atoms with Gasteiger partial charge in [0.15, 0.2) is 0 Å². The Morgan fingerprint density at radius 2 is 0.741 bits per heavy atom. The zero-order valence-corrected chi connectivity index (χ0v) is 31.8. The van der Waals surface area contributed by atoms with Gasteiger partial charge in [-0.1, -0.05) is 170 Å². The summed E-state index contributed by atoms with van der Waals surface area (Å²) in [5, 5.41) is 7.50. The molecule has 11 rings (SSSR count). The summed E-state index contributed by atoms with van der Waals surface area (Å²) >= 11 is 0. The lowest BCUT2D eigenvalue weighted by Crippen LogP contribution is -2.11. The quantitative estimate of drug-likeness (QED) is 0.148. The second-order valence-electron chi connectivity index (χ2n) is 14.9. The van der Waals surface area contributed by atoms with Crippen molar-refractivity contribution < 1.29 is 0 Å². The maximum absolute atomic E-state index is 2.42. The van der Waals surface area contributed by atoms with Gasteiger partial charge in [0.1, 0.15) is 0 Å². The van der Waals surface area contributed by atoms with Crippen molar-refractivity contribution in [3.8, 4) is 39.1 Å². The summed E-state index contributed by atoms with van der Waals surface area (Å²) in [6.07, 6.45) is 0. The van der Waals surface area contributed by atoms with Gasteiger partial charge in [-0.3, -0.25) is 0 Å². The molecule has 0 saturated carbocycles. The molecule has 2 nitrogen and oxygen atoms in total. The Labute approximate surface area is 338 Å². The highest BCUT2D eigenvalue weighted by molar-refractivity contribution is 6.22. The third-order valence-corrected chi connectivity index (χ3v) is 11.6. The van der Waals surface area contributed by atoms with E-state index in [0.29, 0.717) is 0 Å². The molecule has 0 unspecified atom stereocenters. The minimum atomic E-state index is 1.09. The highest BCUT2D eigenvalue weighted by Gasteiger charge is 2.21. The number of benzene rings is 10. The molecule has 0 aliphatic rings. The van der Waals surface area contributed by atoms with Crippen LogP contribution < -0.4 is 4.90 Å². The fraction of sp³-hybridized carbons (Fsp3) is 0. The number of nitrogens with zero attached hydrogens (tertiary/aromatic N) is 2. The van der Waals surface area contributed by atoms with Gasteiger partial charge in [0.05, 0.1) is 16.7 Å². The standard InChI is InChI=1S/C56H38N2/c1-4-18-39(19-5-1)55-48-27-10-11-28-49(48)56(40-20-6-2-7-21-40)51-38-41(32-37-50(51)55)45-24-12-15-29-52(45)57(42-22-8-3-9-23-42)43-33-35-44(36-34-43)58-53-30-16-13-25-46(53)47-26-14-17-31-54(47)58/h1-38H. The number of anilines is 3. The van der Waals surface area contributed by atoms with Crippen molar-refractivity contribution in [1.29, 1.82) is 0 Å². The van der Waals surface area contributed by atoms with E-state index < -0.39 is 0 Å². The fourth-order valence-corrected chi connectivity index (χ4v) is 9.05. The van der Waals surface area contributed by atoms with Crippen LogP contribution in [0.15, 0.2) is 231 Å². The molecular weight excluding hydrogens is 701 g/mol. The van der Waals surface area contributed by atoms with Gasteiger partial charge < -0.3 is 9.47 Å². The van der Waals surface area contributed by atoms with Crippen LogP contribution in [-0.4, -0.2) is 4.57 Å². The molecule has 0 saturated heterocycles. The summed E-state index contributed by atoms with van der Waals surface area (Å²) < 4.78 is 2.38. The number of aromatic nitrogens is 1. The summed E-state index contributed by atoms with van der Waals surface area (Å²) in [4.78, 5) is 2.39. The van der Waals surface area contributed by atoms with Gasteiger partial charge in [0.2, 0.25) is 0 Å².